The van der Waals surface area contributed by atoms with Crippen LogP contribution in [0.25, 0.3) is 0 Å². The van der Waals surface area contributed by atoms with Crippen molar-refractivity contribution in [3.63, 3.8) is 0 Å². The van der Waals surface area contributed by atoms with Gasteiger partial charge in [-0.1, -0.05) is 45.4 Å². The van der Waals surface area contributed by atoms with Crippen molar-refractivity contribution in [2.75, 3.05) is 14.1 Å². The number of rotatable bonds is 8. The van der Waals surface area contributed by atoms with E-state index >= 15 is 0 Å². The van der Waals surface area contributed by atoms with Gasteiger partial charge in [-0.2, -0.15) is 0 Å². The summed E-state index contributed by atoms with van der Waals surface area (Å²) in [5, 5.41) is 11.1. The van der Waals surface area contributed by atoms with E-state index in [0.29, 0.717) is 6.42 Å². The summed E-state index contributed by atoms with van der Waals surface area (Å²) in [6, 6.07) is 0. The van der Waals surface area contributed by atoms with E-state index in [-0.39, 0.29) is 0 Å². The van der Waals surface area contributed by atoms with Gasteiger partial charge in [0.05, 0.1) is 0 Å². The summed E-state index contributed by atoms with van der Waals surface area (Å²) in [6.45, 7) is 2.20. The van der Waals surface area contributed by atoms with Gasteiger partial charge in [-0.25, -0.2) is 0 Å². The minimum absolute atomic E-state index is 0.341. The number of aliphatic carboxylic acids is 1. The number of carboxylic acid groups (broad SMARTS) is 1. The Morgan fingerprint density at radius 1 is 1.00 bits per heavy atom. The van der Waals surface area contributed by atoms with Gasteiger partial charge in [0, 0.05) is 6.42 Å². The topological polar surface area (TPSA) is 49.3 Å². The molecule has 0 bridgehead atoms. The fourth-order valence-electron chi connectivity index (χ4n) is 1.23. The molecule has 0 rings (SSSR count). The predicted octanol–water partition coefficient (Wildman–Crippen LogP) is 3.05. The zero-order valence-electron chi connectivity index (χ0n) is 10.5. The number of nitrogens with one attached hydrogen (secondary N) is 1. The van der Waals surface area contributed by atoms with Gasteiger partial charge in [0.15, 0.2) is 0 Å². The molecule has 0 heterocycles. The Morgan fingerprint density at radius 3 is 1.80 bits per heavy atom. The summed E-state index contributed by atoms with van der Waals surface area (Å²) >= 11 is 0. The Labute approximate surface area is 94.3 Å². The normalized spacial score (nSPS) is 9.27. The molecular weight excluding hydrogens is 190 g/mol. The van der Waals surface area contributed by atoms with E-state index in [1.807, 2.05) is 14.1 Å². The molecule has 0 saturated heterocycles. The molecule has 3 heteroatoms. The first-order valence-corrected chi connectivity index (χ1v) is 5.99. The Bertz CT molecular complexity index is 127. The molecule has 0 radical (unpaired) electrons. The summed E-state index contributed by atoms with van der Waals surface area (Å²) in [7, 11) is 3.75. The van der Waals surface area contributed by atoms with Crippen molar-refractivity contribution in [2.24, 2.45) is 0 Å². The van der Waals surface area contributed by atoms with Crippen molar-refractivity contribution in [2.45, 2.75) is 58.3 Å². The van der Waals surface area contributed by atoms with Gasteiger partial charge in [-0.3, -0.25) is 4.79 Å². The average Bonchev–Trinajstić information content (AvgIpc) is 2.17. The van der Waals surface area contributed by atoms with Gasteiger partial charge >= 0.3 is 5.97 Å². The van der Waals surface area contributed by atoms with Crippen molar-refractivity contribution >= 4 is 5.97 Å². The maximum Gasteiger partial charge on any atom is 0.303 e. The van der Waals surface area contributed by atoms with Crippen molar-refractivity contribution < 1.29 is 9.90 Å². The molecule has 0 aliphatic rings. The summed E-state index contributed by atoms with van der Waals surface area (Å²) in [5.74, 6) is -0.663. The molecular formula is C12H27NO2. The third kappa shape index (κ3) is 24.7. The van der Waals surface area contributed by atoms with Gasteiger partial charge in [-0.05, 0) is 20.5 Å². The van der Waals surface area contributed by atoms with Crippen LogP contribution < -0.4 is 5.32 Å². The lowest BCUT2D eigenvalue weighted by Crippen LogP contribution is -1.93. The first kappa shape index (κ1) is 16.8. The molecule has 0 atom stereocenters. The van der Waals surface area contributed by atoms with Gasteiger partial charge in [0.2, 0.25) is 0 Å². The third-order valence-electron chi connectivity index (χ3n) is 1.99. The Hall–Kier alpha value is -0.570. The van der Waals surface area contributed by atoms with Gasteiger partial charge < -0.3 is 10.4 Å². The molecule has 0 unspecified atom stereocenters. The van der Waals surface area contributed by atoms with E-state index in [2.05, 4.69) is 12.2 Å². The Balaban J connectivity index is 0. The standard InChI is InChI=1S/C10H20O2.C2H7N/c1-2-3-4-5-6-7-8-9-10(11)12;1-3-2/h2-9H2,1H3,(H,11,12);3H,1-2H3. The molecule has 0 aromatic heterocycles. The Kier molecular flexibility index (Phi) is 17.8. The van der Waals surface area contributed by atoms with Gasteiger partial charge in [0.25, 0.3) is 0 Å². The van der Waals surface area contributed by atoms with E-state index in [4.69, 9.17) is 5.11 Å². The van der Waals surface area contributed by atoms with Crippen LogP contribution >= 0.6 is 0 Å². The fraction of sp³-hybridized carbons (Fsp3) is 0.917. The smallest absolute Gasteiger partial charge is 0.303 e. The van der Waals surface area contributed by atoms with Crippen LogP contribution in [0.3, 0.4) is 0 Å². The van der Waals surface area contributed by atoms with Crippen LogP contribution in [0.4, 0.5) is 0 Å². The molecule has 15 heavy (non-hydrogen) atoms. The highest BCUT2D eigenvalue weighted by Crippen LogP contribution is 2.07. The van der Waals surface area contributed by atoms with E-state index in [9.17, 15) is 4.79 Å². The third-order valence-corrected chi connectivity index (χ3v) is 1.99. The molecule has 92 valence electrons. The highest BCUT2D eigenvalue weighted by molar-refractivity contribution is 5.66. The molecule has 2 N–H and O–H groups in total. The van der Waals surface area contributed by atoms with E-state index in [1.165, 1.54) is 32.1 Å². The predicted molar refractivity (Wildman–Crippen MR) is 65.2 cm³/mol. The second-order valence-electron chi connectivity index (χ2n) is 3.77. The molecule has 0 aromatic carbocycles. The molecule has 0 saturated carbocycles. The largest absolute Gasteiger partial charge is 0.481 e. The minimum Gasteiger partial charge on any atom is -0.481 e. The van der Waals surface area contributed by atoms with Crippen LogP contribution in [0.5, 0.6) is 0 Å². The monoisotopic (exact) mass is 217 g/mol. The molecule has 0 spiro atoms. The van der Waals surface area contributed by atoms with Crippen molar-refractivity contribution in [3.05, 3.63) is 0 Å². The van der Waals surface area contributed by atoms with E-state index < -0.39 is 5.97 Å². The van der Waals surface area contributed by atoms with Gasteiger partial charge in [-0.15, -0.1) is 0 Å². The summed E-state index contributed by atoms with van der Waals surface area (Å²) < 4.78 is 0. The number of carbonyl (C=O) groups is 1. The molecule has 3 nitrogen and oxygen atoms in total. The van der Waals surface area contributed by atoms with Crippen LogP contribution in [0.15, 0.2) is 0 Å². The first-order valence-electron chi connectivity index (χ1n) is 5.99. The van der Waals surface area contributed by atoms with Crippen molar-refractivity contribution in [3.8, 4) is 0 Å². The van der Waals surface area contributed by atoms with Crippen molar-refractivity contribution in [1.82, 2.24) is 5.32 Å². The Morgan fingerprint density at radius 2 is 1.40 bits per heavy atom. The summed E-state index contributed by atoms with van der Waals surface area (Å²) in [6.07, 6.45) is 8.64. The van der Waals surface area contributed by atoms with Crippen LogP contribution in [0.2, 0.25) is 0 Å². The maximum absolute atomic E-state index is 10.1. The molecule has 0 aliphatic carbocycles. The van der Waals surface area contributed by atoms with E-state index in [1.54, 1.807) is 0 Å². The summed E-state index contributed by atoms with van der Waals surface area (Å²) in [5.41, 5.74) is 0. The lowest BCUT2D eigenvalue weighted by Gasteiger charge is -1.98. The second-order valence-corrected chi connectivity index (χ2v) is 3.77. The fourth-order valence-corrected chi connectivity index (χ4v) is 1.23. The summed E-state index contributed by atoms with van der Waals surface area (Å²) in [4.78, 5) is 10.1. The number of carboxylic acids is 1. The van der Waals surface area contributed by atoms with Crippen LogP contribution in [0.1, 0.15) is 58.3 Å². The van der Waals surface area contributed by atoms with Gasteiger partial charge in [0.1, 0.15) is 0 Å². The van der Waals surface area contributed by atoms with E-state index in [0.717, 1.165) is 12.8 Å². The zero-order chi connectivity index (χ0) is 11.9. The van der Waals surface area contributed by atoms with Crippen LogP contribution in [0, 0.1) is 0 Å². The lowest BCUT2D eigenvalue weighted by atomic mass is 10.1. The molecule has 0 aromatic rings. The highest BCUT2D eigenvalue weighted by Gasteiger charge is 1.95. The molecule has 0 amide bonds. The quantitative estimate of drug-likeness (QED) is 0.614. The minimum atomic E-state index is -0.663. The van der Waals surface area contributed by atoms with Crippen LogP contribution in [-0.4, -0.2) is 25.2 Å². The van der Waals surface area contributed by atoms with Crippen molar-refractivity contribution in [1.29, 1.82) is 0 Å². The lowest BCUT2D eigenvalue weighted by molar-refractivity contribution is -0.137. The number of hydrogen-bond donors (Lipinski definition) is 2. The molecule has 0 aliphatic heterocycles. The SMILES string of the molecule is CCCCCCCCCC(=O)O.CNC. The highest BCUT2D eigenvalue weighted by atomic mass is 16.4. The van der Waals surface area contributed by atoms with Crippen LogP contribution in [-0.2, 0) is 4.79 Å². The average molecular weight is 217 g/mol. The molecule has 0 fully saturated rings. The second kappa shape index (κ2) is 15.9. The zero-order valence-corrected chi connectivity index (χ0v) is 10.5. The number of unbranched alkanes of at least 4 members (excludes halogenated alkanes) is 6. The number of hydrogen-bond acceptors (Lipinski definition) is 2. The first-order chi connectivity index (χ1) is 7.18. The maximum atomic E-state index is 10.1.